The van der Waals surface area contributed by atoms with Crippen molar-refractivity contribution in [2.45, 2.75) is 25.3 Å². The van der Waals surface area contributed by atoms with Crippen molar-refractivity contribution in [3.8, 4) is 0 Å². The van der Waals surface area contributed by atoms with Crippen molar-refractivity contribution in [3.05, 3.63) is 35.4 Å². The van der Waals surface area contributed by atoms with Gasteiger partial charge >= 0.3 is 0 Å². The van der Waals surface area contributed by atoms with Crippen LogP contribution in [0.1, 0.15) is 30.0 Å². The summed E-state index contributed by atoms with van der Waals surface area (Å²) in [7, 11) is -3.06. The minimum absolute atomic E-state index is 0.0467. The highest BCUT2D eigenvalue weighted by Gasteiger charge is 2.46. The van der Waals surface area contributed by atoms with E-state index in [0.29, 0.717) is 13.1 Å². The Hall–Kier alpha value is -0.910. The average molecular weight is 280 g/mol. The van der Waals surface area contributed by atoms with E-state index in [1.807, 2.05) is 6.07 Å². The molecule has 2 aliphatic rings. The van der Waals surface area contributed by atoms with E-state index >= 15 is 0 Å². The summed E-state index contributed by atoms with van der Waals surface area (Å²) in [6.45, 7) is 1.20. The lowest BCUT2D eigenvalue weighted by Crippen LogP contribution is -2.46. The number of piperidine rings is 1. The van der Waals surface area contributed by atoms with E-state index in [-0.39, 0.29) is 11.5 Å². The molecule has 1 heterocycles. The second-order valence-corrected chi connectivity index (χ2v) is 7.86. The first-order valence-electron chi connectivity index (χ1n) is 6.71. The molecule has 0 saturated carbocycles. The maximum atomic E-state index is 11.6. The predicted octanol–water partition coefficient (Wildman–Crippen LogP) is 1.28. The average Bonchev–Trinajstić information content (AvgIpc) is 2.63. The number of sulfonamides is 1. The molecule has 1 saturated heterocycles. The van der Waals surface area contributed by atoms with Gasteiger partial charge in [-0.1, -0.05) is 24.3 Å². The molecule has 1 fully saturated rings. The van der Waals surface area contributed by atoms with Gasteiger partial charge in [0.05, 0.1) is 6.26 Å². The van der Waals surface area contributed by atoms with Crippen molar-refractivity contribution in [2.24, 2.45) is 11.1 Å². The lowest BCUT2D eigenvalue weighted by molar-refractivity contribution is 0.133. The molecule has 104 valence electrons. The lowest BCUT2D eigenvalue weighted by Gasteiger charge is -2.41. The molecule has 0 amide bonds. The van der Waals surface area contributed by atoms with Crippen LogP contribution in [0.4, 0.5) is 0 Å². The van der Waals surface area contributed by atoms with Crippen LogP contribution in [0, 0.1) is 5.41 Å². The van der Waals surface area contributed by atoms with Gasteiger partial charge in [0, 0.05) is 19.1 Å². The molecule has 1 aromatic carbocycles. The first-order valence-corrected chi connectivity index (χ1v) is 8.56. The summed E-state index contributed by atoms with van der Waals surface area (Å²) < 4.78 is 24.7. The highest BCUT2D eigenvalue weighted by molar-refractivity contribution is 7.88. The molecule has 0 aromatic heterocycles. The smallest absolute Gasteiger partial charge is 0.211 e. The van der Waals surface area contributed by atoms with Crippen LogP contribution in [0.3, 0.4) is 0 Å². The molecule has 1 spiro atoms. The third kappa shape index (κ3) is 2.10. The van der Waals surface area contributed by atoms with Gasteiger partial charge in [-0.15, -0.1) is 0 Å². The number of hydrogen-bond donors (Lipinski definition) is 1. The fraction of sp³-hybridized carbons (Fsp3) is 0.571. The second-order valence-electron chi connectivity index (χ2n) is 5.88. The van der Waals surface area contributed by atoms with Crippen molar-refractivity contribution in [1.29, 1.82) is 0 Å². The van der Waals surface area contributed by atoms with E-state index < -0.39 is 10.0 Å². The maximum Gasteiger partial charge on any atom is 0.211 e. The predicted molar refractivity (Wildman–Crippen MR) is 75.2 cm³/mol. The van der Waals surface area contributed by atoms with Gasteiger partial charge in [-0.2, -0.15) is 0 Å². The molecule has 1 aliphatic heterocycles. The Morgan fingerprint density at radius 1 is 1.26 bits per heavy atom. The SMILES string of the molecule is CS(=O)(=O)N1CCC2(CC1)Cc1ccccc1C2N. The van der Waals surface area contributed by atoms with Crippen LogP contribution in [-0.4, -0.2) is 32.1 Å². The van der Waals surface area contributed by atoms with Crippen LogP contribution in [0.25, 0.3) is 0 Å². The Bertz CT molecular complexity index is 589. The largest absolute Gasteiger partial charge is 0.323 e. The quantitative estimate of drug-likeness (QED) is 0.843. The maximum absolute atomic E-state index is 11.6. The minimum Gasteiger partial charge on any atom is -0.323 e. The van der Waals surface area contributed by atoms with Crippen molar-refractivity contribution in [3.63, 3.8) is 0 Å². The number of hydrogen-bond acceptors (Lipinski definition) is 3. The molecule has 5 heteroatoms. The summed E-state index contributed by atoms with van der Waals surface area (Å²) in [5.41, 5.74) is 9.08. The molecule has 4 nitrogen and oxygen atoms in total. The zero-order valence-corrected chi connectivity index (χ0v) is 12.0. The van der Waals surface area contributed by atoms with Crippen LogP contribution in [0.5, 0.6) is 0 Å². The van der Waals surface area contributed by atoms with Crippen molar-refractivity contribution >= 4 is 10.0 Å². The summed E-state index contributed by atoms with van der Waals surface area (Å²) in [5, 5.41) is 0. The first-order chi connectivity index (χ1) is 8.92. The van der Waals surface area contributed by atoms with Gasteiger partial charge in [0.1, 0.15) is 0 Å². The van der Waals surface area contributed by atoms with Crippen LogP contribution in [0.15, 0.2) is 24.3 Å². The Balaban J connectivity index is 1.83. The number of fused-ring (bicyclic) bond motifs is 1. The molecular formula is C14H20N2O2S. The van der Waals surface area contributed by atoms with E-state index in [9.17, 15) is 8.42 Å². The van der Waals surface area contributed by atoms with Crippen LogP contribution in [-0.2, 0) is 16.4 Å². The van der Waals surface area contributed by atoms with E-state index in [1.165, 1.54) is 17.4 Å². The first kappa shape index (κ1) is 13.1. The summed E-state index contributed by atoms with van der Waals surface area (Å²) in [6, 6.07) is 8.38. The van der Waals surface area contributed by atoms with Gasteiger partial charge in [0.25, 0.3) is 0 Å². The number of nitrogens with zero attached hydrogens (tertiary/aromatic N) is 1. The third-order valence-corrected chi connectivity index (χ3v) is 6.08. The Labute approximate surface area is 114 Å². The van der Waals surface area contributed by atoms with Crippen LogP contribution in [0.2, 0.25) is 0 Å². The second kappa shape index (κ2) is 4.30. The Morgan fingerprint density at radius 2 is 1.89 bits per heavy atom. The topological polar surface area (TPSA) is 63.4 Å². The van der Waals surface area contributed by atoms with Gasteiger partial charge in [-0.25, -0.2) is 12.7 Å². The highest BCUT2D eigenvalue weighted by Crippen LogP contribution is 2.50. The highest BCUT2D eigenvalue weighted by atomic mass is 32.2. The summed E-state index contributed by atoms with van der Waals surface area (Å²) in [5.74, 6) is 0. The zero-order chi connectivity index (χ0) is 13.7. The van der Waals surface area contributed by atoms with E-state index in [1.54, 1.807) is 4.31 Å². The molecule has 1 aliphatic carbocycles. The minimum atomic E-state index is -3.06. The summed E-state index contributed by atoms with van der Waals surface area (Å²) >= 11 is 0. The third-order valence-electron chi connectivity index (χ3n) is 4.78. The zero-order valence-electron chi connectivity index (χ0n) is 11.2. The fourth-order valence-corrected chi connectivity index (χ4v) is 4.41. The number of rotatable bonds is 1. The summed E-state index contributed by atoms with van der Waals surface area (Å²) in [6.07, 6.45) is 3.99. The van der Waals surface area contributed by atoms with E-state index in [4.69, 9.17) is 5.73 Å². The molecular weight excluding hydrogens is 260 g/mol. The van der Waals surface area contributed by atoms with Gasteiger partial charge in [-0.3, -0.25) is 0 Å². The molecule has 2 N–H and O–H groups in total. The van der Waals surface area contributed by atoms with Crippen molar-refractivity contribution in [2.75, 3.05) is 19.3 Å². The standard InChI is InChI=1S/C14H20N2O2S/c1-19(17,18)16-8-6-14(7-9-16)10-11-4-2-3-5-12(11)13(14)15/h2-5,13H,6-10,15H2,1H3. The lowest BCUT2D eigenvalue weighted by atomic mass is 9.73. The number of nitrogens with two attached hydrogens (primary N) is 1. The summed E-state index contributed by atoms with van der Waals surface area (Å²) in [4.78, 5) is 0. The van der Waals surface area contributed by atoms with Crippen LogP contribution >= 0.6 is 0 Å². The molecule has 19 heavy (non-hydrogen) atoms. The van der Waals surface area contributed by atoms with Gasteiger partial charge in [0.15, 0.2) is 0 Å². The van der Waals surface area contributed by atoms with Gasteiger partial charge < -0.3 is 5.73 Å². The van der Waals surface area contributed by atoms with Gasteiger partial charge in [-0.05, 0) is 35.8 Å². The van der Waals surface area contributed by atoms with Crippen molar-refractivity contribution in [1.82, 2.24) is 4.31 Å². The van der Waals surface area contributed by atoms with Crippen LogP contribution < -0.4 is 5.73 Å². The normalized spacial score (nSPS) is 26.5. The number of benzene rings is 1. The monoisotopic (exact) mass is 280 g/mol. The molecule has 1 unspecified atom stereocenters. The molecule has 0 bridgehead atoms. The Morgan fingerprint density at radius 3 is 2.47 bits per heavy atom. The fourth-order valence-electron chi connectivity index (χ4n) is 3.57. The molecule has 0 radical (unpaired) electrons. The van der Waals surface area contributed by atoms with Gasteiger partial charge in [0.2, 0.25) is 10.0 Å². The Kier molecular flexibility index (Phi) is 2.96. The van der Waals surface area contributed by atoms with E-state index in [2.05, 4.69) is 18.2 Å². The molecule has 1 atom stereocenters. The van der Waals surface area contributed by atoms with Crippen molar-refractivity contribution < 1.29 is 8.42 Å². The van der Waals surface area contributed by atoms with E-state index in [0.717, 1.165) is 19.3 Å². The molecule has 3 rings (SSSR count). The molecule has 1 aromatic rings.